The van der Waals surface area contributed by atoms with Crippen molar-refractivity contribution < 1.29 is 24.2 Å². The maximum absolute atomic E-state index is 12.2. The normalized spacial score (nSPS) is 50.1. The molecule has 5 nitrogen and oxygen atoms in total. The van der Waals surface area contributed by atoms with Crippen LogP contribution in [-0.4, -0.2) is 35.4 Å². The van der Waals surface area contributed by atoms with E-state index in [1.807, 2.05) is 0 Å². The molecule has 0 radical (unpaired) electrons. The van der Waals surface area contributed by atoms with Gasteiger partial charge >= 0.3 is 11.9 Å². The Bertz CT molecular complexity index is 788. The summed E-state index contributed by atoms with van der Waals surface area (Å²) in [6.07, 6.45) is 10.9. The van der Waals surface area contributed by atoms with Crippen molar-refractivity contribution in [1.29, 1.82) is 0 Å². The van der Waals surface area contributed by atoms with E-state index in [1.54, 1.807) is 6.08 Å². The van der Waals surface area contributed by atoms with Gasteiger partial charge in [-0.05, 0) is 92.4 Å². The third-order valence-corrected chi connectivity index (χ3v) is 10.3. The number of fused-ring (bicyclic) bond motifs is 5. The molecule has 0 aromatic heterocycles. The smallest absolute Gasteiger partial charge is 0.331 e. The Morgan fingerprint density at radius 1 is 1.10 bits per heavy atom. The summed E-state index contributed by atoms with van der Waals surface area (Å²) in [5.74, 6) is 1.29. The van der Waals surface area contributed by atoms with Gasteiger partial charge in [-0.15, -0.1) is 0 Å². The molecule has 0 spiro atoms. The molecule has 5 aliphatic rings. The molecule has 0 aromatic rings. The Balaban J connectivity index is 1.40. The predicted molar refractivity (Wildman–Crippen MR) is 111 cm³/mol. The Morgan fingerprint density at radius 3 is 2.60 bits per heavy atom. The predicted octanol–water partition coefficient (Wildman–Crippen LogP) is 4.18. The lowest BCUT2D eigenvalue weighted by Crippen LogP contribution is -2.62. The van der Waals surface area contributed by atoms with Crippen LogP contribution in [-0.2, 0) is 19.1 Å². The summed E-state index contributed by atoms with van der Waals surface area (Å²) in [6, 6.07) is 0. The van der Waals surface area contributed by atoms with Crippen molar-refractivity contribution in [2.45, 2.75) is 90.3 Å². The number of cyclic esters (lactones) is 1. The third kappa shape index (κ3) is 2.76. The van der Waals surface area contributed by atoms with E-state index in [2.05, 4.69) is 13.8 Å². The van der Waals surface area contributed by atoms with Crippen molar-refractivity contribution in [3.63, 3.8) is 0 Å². The first-order valence-electron chi connectivity index (χ1n) is 11.9. The van der Waals surface area contributed by atoms with Gasteiger partial charge in [-0.1, -0.05) is 13.8 Å². The summed E-state index contributed by atoms with van der Waals surface area (Å²) >= 11 is 0. The number of ether oxygens (including phenoxy) is 2. The molecular weight excluding hydrogens is 380 g/mol. The number of aliphatic hydroxyl groups is 1. The zero-order valence-electron chi connectivity index (χ0n) is 18.6. The van der Waals surface area contributed by atoms with Gasteiger partial charge < -0.3 is 14.6 Å². The lowest BCUT2D eigenvalue weighted by atomic mass is 9.43. The summed E-state index contributed by atoms with van der Waals surface area (Å²) in [4.78, 5) is 23.1. The maximum Gasteiger partial charge on any atom is 0.331 e. The number of hydrogen-bond acceptors (Lipinski definition) is 5. The average Bonchev–Trinajstić information content (AvgIpc) is 3.22. The lowest BCUT2D eigenvalue weighted by Gasteiger charge is -2.63. The fourth-order valence-corrected chi connectivity index (χ4v) is 8.71. The van der Waals surface area contributed by atoms with E-state index in [-0.39, 0.29) is 34.8 Å². The van der Waals surface area contributed by atoms with Gasteiger partial charge in [0.2, 0.25) is 0 Å². The standard InChI is InChI=1S/C25H36O5/c1-15(26)30-18-6-9-23(2)17(13-18)4-5-21-20(23)7-10-24(3)19(8-11-25(21,24)28)16-12-22(27)29-14-16/h12,17-21,28H,4-11,13-14H2,1-3H3/t17-,18+,19?,20?,21?,23+,24-,25+/m1/s1. The van der Waals surface area contributed by atoms with E-state index in [9.17, 15) is 14.7 Å². The van der Waals surface area contributed by atoms with Crippen LogP contribution < -0.4 is 0 Å². The highest BCUT2D eigenvalue weighted by atomic mass is 16.5. The second kappa shape index (κ2) is 6.82. The van der Waals surface area contributed by atoms with Crippen LogP contribution in [0.2, 0.25) is 0 Å². The van der Waals surface area contributed by atoms with E-state index in [4.69, 9.17) is 9.47 Å². The van der Waals surface area contributed by atoms with Crippen LogP contribution in [0, 0.1) is 34.5 Å². The van der Waals surface area contributed by atoms with Gasteiger partial charge in [0.05, 0.1) is 5.60 Å². The van der Waals surface area contributed by atoms with Gasteiger partial charge in [-0.3, -0.25) is 4.79 Å². The fourth-order valence-electron chi connectivity index (χ4n) is 8.71. The molecule has 3 unspecified atom stereocenters. The molecule has 4 saturated carbocycles. The summed E-state index contributed by atoms with van der Waals surface area (Å²) in [6.45, 7) is 6.64. The second-order valence-corrected chi connectivity index (χ2v) is 11.3. The van der Waals surface area contributed by atoms with Crippen LogP contribution in [0.1, 0.15) is 78.6 Å². The van der Waals surface area contributed by atoms with Crippen LogP contribution in [0.25, 0.3) is 0 Å². The van der Waals surface area contributed by atoms with Gasteiger partial charge in [-0.2, -0.15) is 0 Å². The van der Waals surface area contributed by atoms with E-state index in [1.165, 1.54) is 6.92 Å². The van der Waals surface area contributed by atoms with Crippen molar-refractivity contribution in [2.75, 3.05) is 6.61 Å². The highest BCUT2D eigenvalue weighted by Crippen LogP contribution is 2.69. The molecule has 30 heavy (non-hydrogen) atoms. The minimum Gasteiger partial charge on any atom is -0.463 e. The topological polar surface area (TPSA) is 72.8 Å². The SMILES string of the molecule is CC(=O)O[C@H]1CC[C@]2(C)C3CC[C@]4(C)C(C5=CC(=O)OC5)CC[C@]4(O)C3CC[C@@H]2C1. The fraction of sp³-hybridized carbons (Fsp3) is 0.840. The summed E-state index contributed by atoms with van der Waals surface area (Å²) < 4.78 is 10.8. The minimum absolute atomic E-state index is 0.0665. The van der Waals surface area contributed by atoms with Crippen LogP contribution in [0.3, 0.4) is 0 Å². The highest BCUT2D eigenvalue weighted by Gasteiger charge is 2.67. The van der Waals surface area contributed by atoms with Crippen LogP contribution in [0.15, 0.2) is 11.6 Å². The number of carbonyl (C=O) groups is 2. The summed E-state index contributed by atoms with van der Waals surface area (Å²) in [5, 5.41) is 12.2. The molecule has 4 aliphatic carbocycles. The van der Waals surface area contributed by atoms with E-state index in [0.29, 0.717) is 24.4 Å². The van der Waals surface area contributed by atoms with Gasteiger partial charge in [-0.25, -0.2) is 4.79 Å². The molecule has 5 rings (SSSR count). The molecule has 0 aromatic carbocycles. The summed E-state index contributed by atoms with van der Waals surface area (Å²) in [7, 11) is 0. The number of carbonyl (C=O) groups excluding carboxylic acids is 2. The number of hydrogen-bond donors (Lipinski definition) is 1. The second-order valence-electron chi connectivity index (χ2n) is 11.3. The molecular formula is C25H36O5. The van der Waals surface area contributed by atoms with Crippen molar-refractivity contribution in [1.82, 2.24) is 0 Å². The molecule has 5 heteroatoms. The lowest BCUT2D eigenvalue weighted by molar-refractivity contribution is -0.209. The minimum atomic E-state index is -0.659. The Kier molecular flexibility index (Phi) is 4.67. The largest absolute Gasteiger partial charge is 0.463 e. The van der Waals surface area contributed by atoms with Crippen molar-refractivity contribution in [3.05, 3.63) is 11.6 Å². The van der Waals surface area contributed by atoms with E-state index >= 15 is 0 Å². The monoisotopic (exact) mass is 416 g/mol. The van der Waals surface area contributed by atoms with E-state index in [0.717, 1.165) is 63.4 Å². The molecule has 1 heterocycles. The molecule has 8 atom stereocenters. The summed E-state index contributed by atoms with van der Waals surface area (Å²) in [5.41, 5.74) is 0.485. The van der Waals surface area contributed by atoms with Gasteiger partial charge in [0.15, 0.2) is 0 Å². The molecule has 0 amide bonds. The van der Waals surface area contributed by atoms with Crippen molar-refractivity contribution >= 4 is 11.9 Å². The van der Waals surface area contributed by atoms with Gasteiger partial charge in [0, 0.05) is 18.4 Å². The average molecular weight is 417 g/mol. The van der Waals surface area contributed by atoms with Crippen LogP contribution >= 0.6 is 0 Å². The first-order valence-corrected chi connectivity index (χ1v) is 11.9. The zero-order chi connectivity index (χ0) is 21.3. The molecule has 166 valence electrons. The quantitative estimate of drug-likeness (QED) is 0.684. The third-order valence-electron chi connectivity index (χ3n) is 10.3. The first kappa shape index (κ1) is 20.5. The Labute approximate surface area is 179 Å². The molecule has 1 N–H and O–H groups in total. The number of rotatable bonds is 2. The Hall–Kier alpha value is -1.36. The van der Waals surface area contributed by atoms with Gasteiger partial charge in [0.25, 0.3) is 0 Å². The molecule has 4 fully saturated rings. The Morgan fingerprint density at radius 2 is 1.90 bits per heavy atom. The zero-order valence-corrected chi connectivity index (χ0v) is 18.6. The van der Waals surface area contributed by atoms with Crippen LogP contribution in [0.4, 0.5) is 0 Å². The molecule has 1 aliphatic heterocycles. The van der Waals surface area contributed by atoms with Gasteiger partial charge in [0.1, 0.15) is 12.7 Å². The van der Waals surface area contributed by atoms with E-state index < -0.39 is 5.60 Å². The number of esters is 2. The molecule has 0 bridgehead atoms. The molecule has 0 saturated heterocycles. The maximum atomic E-state index is 12.2. The highest BCUT2D eigenvalue weighted by molar-refractivity contribution is 5.85. The van der Waals surface area contributed by atoms with Crippen LogP contribution in [0.5, 0.6) is 0 Å². The first-order chi connectivity index (χ1) is 14.2. The van der Waals surface area contributed by atoms with Crippen molar-refractivity contribution in [3.8, 4) is 0 Å². The van der Waals surface area contributed by atoms with Crippen molar-refractivity contribution in [2.24, 2.45) is 34.5 Å².